The molecule has 134 valence electrons. The number of H-pyrrole nitrogens is 1. The topological polar surface area (TPSA) is 31.9 Å². The molecule has 0 spiro atoms. The molecule has 1 unspecified atom stereocenters. The van der Waals surface area contributed by atoms with E-state index in [1.807, 2.05) is 17.8 Å². The molecule has 1 aliphatic rings. The predicted octanol–water partition coefficient (Wildman–Crippen LogP) is 5.18. The number of nitrogens with zero attached hydrogens (tertiary/aromatic N) is 2. The third-order valence-corrected chi connectivity index (χ3v) is 6.07. The molecule has 4 heteroatoms. The number of aromatic amines is 1. The van der Waals surface area contributed by atoms with Crippen LogP contribution in [0.5, 0.6) is 0 Å². The number of nitrogens with one attached hydrogen (secondary N) is 1. The van der Waals surface area contributed by atoms with Gasteiger partial charge in [-0.15, -0.1) is 0 Å². The van der Waals surface area contributed by atoms with Crippen LogP contribution in [-0.4, -0.2) is 40.8 Å². The number of likely N-dealkylation sites (tertiary alicyclic amines) is 1. The third-order valence-electron chi connectivity index (χ3n) is 4.97. The molecule has 2 heterocycles. The molecule has 1 atom stereocenters. The van der Waals surface area contributed by atoms with Gasteiger partial charge < -0.3 is 9.88 Å². The number of thioether (sulfide) groups is 1. The van der Waals surface area contributed by atoms with Gasteiger partial charge in [-0.1, -0.05) is 72.4 Å². The minimum absolute atomic E-state index is 0.754. The number of rotatable bonds is 5. The van der Waals surface area contributed by atoms with Crippen LogP contribution in [0, 0.1) is 5.92 Å². The lowest BCUT2D eigenvalue weighted by molar-refractivity contribution is 0.224. The summed E-state index contributed by atoms with van der Waals surface area (Å²) >= 11 is 1.86. The Morgan fingerprint density at radius 1 is 1.04 bits per heavy atom. The van der Waals surface area contributed by atoms with Crippen LogP contribution in [0.4, 0.5) is 0 Å². The van der Waals surface area contributed by atoms with E-state index in [1.54, 1.807) is 0 Å². The van der Waals surface area contributed by atoms with Gasteiger partial charge in [-0.3, -0.25) is 0 Å². The van der Waals surface area contributed by atoms with Gasteiger partial charge in [0.25, 0.3) is 0 Å². The Bertz CT molecular complexity index is 772. The molecule has 0 radical (unpaired) electrons. The van der Waals surface area contributed by atoms with E-state index in [0.717, 1.165) is 33.8 Å². The maximum atomic E-state index is 4.95. The zero-order chi connectivity index (χ0) is 17.8. The van der Waals surface area contributed by atoms with Gasteiger partial charge in [0.15, 0.2) is 5.16 Å². The molecule has 1 saturated heterocycles. The van der Waals surface area contributed by atoms with Crippen LogP contribution in [0.15, 0.2) is 65.8 Å². The Labute approximate surface area is 159 Å². The summed E-state index contributed by atoms with van der Waals surface area (Å²) in [5.41, 5.74) is 4.50. The maximum absolute atomic E-state index is 4.95. The van der Waals surface area contributed by atoms with Crippen molar-refractivity contribution < 1.29 is 0 Å². The van der Waals surface area contributed by atoms with Gasteiger partial charge in [-0.05, 0) is 32.4 Å². The SMILES string of the molecule is CN1CCCC(CSc2nc(-c3ccccc3)c(-c3ccccc3)[nH]2)C1. The van der Waals surface area contributed by atoms with E-state index >= 15 is 0 Å². The van der Waals surface area contributed by atoms with Gasteiger partial charge in [-0.2, -0.15) is 0 Å². The van der Waals surface area contributed by atoms with E-state index in [1.165, 1.54) is 31.5 Å². The first-order valence-electron chi connectivity index (χ1n) is 9.32. The highest BCUT2D eigenvalue weighted by atomic mass is 32.2. The van der Waals surface area contributed by atoms with E-state index in [2.05, 4.69) is 71.5 Å². The van der Waals surface area contributed by atoms with Crippen molar-refractivity contribution in [2.45, 2.75) is 18.0 Å². The Kier molecular flexibility index (Phi) is 5.42. The van der Waals surface area contributed by atoms with E-state index in [-0.39, 0.29) is 0 Å². The molecule has 26 heavy (non-hydrogen) atoms. The van der Waals surface area contributed by atoms with Crippen molar-refractivity contribution in [1.82, 2.24) is 14.9 Å². The van der Waals surface area contributed by atoms with Crippen LogP contribution < -0.4 is 0 Å². The lowest BCUT2D eigenvalue weighted by atomic mass is 10.0. The second-order valence-corrected chi connectivity index (χ2v) is 8.09. The van der Waals surface area contributed by atoms with Crippen molar-refractivity contribution in [2.75, 3.05) is 25.9 Å². The van der Waals surface area contributed by atoms with Gasteiger partial charge in [0.2, 0.25) is 0 Å². The summed E-state index contributed by atoms with van der Waals surface area (Å²) in [4.78, 5) is 11.0. The van der Waals surface area contributed by atoms with E-state index in [0.29, 0.717) is 0 Å². The highest BCUT2D eigenvalue weighted by Crippen LogP contribution is 2.33. The third kappa shape index (κ3) is 4.02. The molecule has 1 N–H and O–H groups in total. The molecule has 3 aromatic rings. The van der Waals surface area contributed by atoms with E-state index < -0.39 is 0 Å². The molecular formula is C22H25N3S. The molecule has 1 aliphatic heterocycles. The molecule has 4 rings (SSSR count). The van der Waals surface area contributed by atoms with Crippen molar-refractivity contribution in [2.24, 2.45) is 5.92 Å². The molecule has 1 aromatic heterocycles. The first-order valence-corrected chi connectivity index (χ1v) is 10.3. The monoisotopic (exact) mass is 363 g/mol. The average Bonchev–Trinajstić information content (AvgIpc) is 3.12. The molecule has 2 aromatic carbocycles. The fraction of sp³-hybridized carbons (Fsp3) is 0.318. The lowest BCUT2D eigenvalue weighted by Gasteiger charge is -2.29. The van der Waals surface area contributed by atoms with Crippen LogP contribution in [0.25, 0.3) is 22.5 Å². The summed E-state index contributed by atoms with van der Waals surface area (Å²) < 4.78 is 0. The number of hydrogen-bond acceptors (Lipinski definition) is 3. The van der Waals surface area contributed by atoms with Crippen LogP contribution >= 0.6 is 11.8 Å². The standard InChI is InChI=1S/C22H25N3S/c1-25-14-8-9-17(15-25)16-26-22-23-20(18-10-4-2-5-11-18)21(24-22)19-12-6-3-7-13-19/h2-7,10-13,17H,8-9,14-16H2,1H3,(H,23,24). The van der Waals surface area contributed by atoms with Crippen LogP contribution in [0.1, 0.15) is 12.8 Å². The largest absolute Gasteiger partial charge is 0.332 e. The Morgan fingerprint density at radius 2 is 1.73 bits per heavy atom. The summed E-state index contributed by atoms with van der Waals surface area (Å²) in [7, 11) is 2.23. The fourth-order valence-corrected chi connectivity index (χ4v) is 4.64. The molecule has 3 nitrogen and oxygen atoms in total. The normalized spacial score (nSPS) is 18.1. The minimum atomic E-state index is 0.754. The first-order chi connectivity index (χ1) is 12.8. The second kappa shape index (κ2) is 8.11. The lowest BCUT2D eigenvalue weighted by Crippen LogP contribution is -2.33. The molecule has 0 amide bonds. The Morgan fingerprint density at radius 3 is 2.42 bits per heavy atom. The number of benzene rings is 2. The maximum Gasteiger partial charge on any atom is 0.166 e. The van der Waals surface area contributed by atoms with Gasteiger partial charge in [0.1, 0.15) is 0 Å². The number of piperidine rings is 1. The second-order valence-electron chi connectivity index (χ2n) is 7.08. The van der Waals surface area contributed by atoms with Crippen LogP contribution in [0.3, 0.4) is 0 Å². The molecule has 0 aliphatic carbocycles. The summed E-state index contributed by atoms with van der Waals surface area (Å²) in [5, 5.41) is 1.02. The number of hydrogen-bond donors (Lipinski definition) is 1. The van der Waals surface area contributed by atoms with Crippen molar-refractivity contribution in [3.05, 3.63) is 60.7 Å². The fourth-order valence-electron chi connectivity index (χ4n) is 3.64. The quantitative estimate of drug-likeness (QED) is 0.634. The number of imidazole rings is 1. The van der Waals surface area contributed by atoms with Crippen LogP contribution in [0.2, 0.25) is 0 Å². The van der Waals surface area contributed by atoms with E-state index in [4.69, 9.17) is 4.98 Å². The van der Waals surface area contributed by atoms with Crippen molar-refractivity contribution >= 4 is 11.8 Å². The molecule has 0 saturated carbocycles. The summed E-state index contributed by atoms with van der Waals surface area (Å²) in [6.07, 6.45) is 2.64. The van der Waals surface area contributed by atoms with Crippen molar-refractivity contribution in [3.63, 3.8) is 0 Å². The summed E-state index contributed by atoms with van der Waals surface area (Å²) in [5.74, 6) is 1.88. The molecule has 0 bridgehead atoms. The smallest absolute Gasteiger partial charge is 0.166 e. The Hall–Kier alpha value is -2.04. The molecule has 1 fully saturated rings. The van der Waals surface area contributed by atoms with Crippen molar-refractivity contribution in [3.8, 4) is 22.5 Å². The van der Waals surface area contributed by atoms with Gasteiger partial charge in [0, 0.05) is 23.4 Å². The zero-order valence-electron chi connectivity index (χ0n) is 15.2. The Balaban J connectivity index is 1.59. The first kappa shape index (κ1) is 17.4. The van der Waals surface area contributed by atoms with Gasteiger partial charge >= 0.3 is 0 Å². The minimum Gasteiger partial charge on any atom is -0.332 e. The molecular weight excluding hydrogens is 338 g/mol. The zero-order valence-corrected chi connectivity index (χ0v) is 16.0. The predicted molar refractivity (Wildman–Crippen MR) is 110 cm³/mol. The highest BCUT2D eigenvalue weighted by Gasteiger charge is 2.19. The van der Waals surface area contributed by atoms with Crippen LogP contribution in [-0.2, 0) is 0 Å². The summed E-state index contributed by atoms with van der Waals surface area (Å²) in [6.45, 7) is 2.43. The van der Waals surface area contributed by atoms with Gasteiger partial charge in [-0.25, -0.2) is 4.98 Å². The van der Waals surface area contributed by atoms with Gasteiger partial charge in [0.05, 0.1) is 11.4 Å². The average molecular weight is 364 g/mol. The highest BCUT2D eigenvalue weighted by molar-refractivity contribution is 7.99. The number of aromatic nitrogens is 2. The van der Waals surface area contributed by atoms with Crippen molar-refractivity contribution in [1.29, 1.82) is 0 Å². The summed E-state index contributed by atoms with van der Waals surface area (Å²) in [6, 6.07) is 21.0. The van der Waals surface area contributed by atoms with E-state index in [9.17, 15) is 0 Å².